The van der Waals surface area contributed by atoms with Gasteiger partial charge >= 0.3 is 0 Å². The number of nitrogens with two attached hydrogens (primary N) is 1. The maximum atomic E-state index is 12.5. The Morgan fingerprint density at radius 3 is 2.42 bits per heavy atom. The average molecular weight is 470 g/mol. The summed E-state index contributed by atoms with van der Waals surface area (Å²) < 4.78 is 18.6. The van der Waals surface area contributed by atoms with Crippen LogP contribution in [0.3, 0.4) is 0 Å². The molecule has 7 heteroatoms. The number of aliphatic imine (C=N–C) groups is 2. The second-order valence-electron chi connectivity index (χ2n) is 10.1. The van der Waals surface area contributed by atoms with Gasteiger partial charge in [-0.15, -0.1) is 0 Å². The van der Waals surface area contributed by atoms with Crippen molar-refractivity contribution in [3.05, 3.63) is 59.4 Å². The fraction of sp³-hybridized carbons (Fsp3) is 0.538. The summed E-state index contributed by atoms with van der Waals surface area (Å²) in [4.78, 5) is 19.3. The molecule has 1 atom stereocenters. The molecule has 2 aliphatic carbocycles. The number of nitrogens with zero attached hydrogens (tertiary/aromatic N) is 2. The van der Waals surface area contributed by atoms with Crippen molar-refractivity contribution in [2.45, 2.75) is 69.6 Å². The summed E-state index contributed by atoms with van der Waals surface area (Å²) >= 11 is 0. The van der Waals surface area contributed by atoms with Crippen LogP contribution in [0.2, 0.25) is 0 Å². The molecule has 2 saturated carbocycles. The lowest BCUT2D eigenvalue weighted by molar-refractivity contribution is 0.163. The summed E-state index contributed by atoms with van der Waals surface area (Å²) in [5.74, 6) is 1.31. The summed E-state index contributed by atoms with van der Waals surface area (Å²) in [5.41, 5.74) is 9.61. The Morgan fingerprint density at radius 1 is 1.24 bits per heavy atom. The minimum absolute atomic E-state index is 0.0931. The summed E-state index contributed by atoms with van der Waals surface area (Å²) in [6.07, 6.45) is 8.16. The molecule has 1 aliphatic heterocycles. The SMILES string of the molecule is C=C/C(N)=C1/N=C(c2ccc([C@H]3CC[C@H](CP(=O)(O)C4CC4)CC3)cc2)C(C)(C)O/C1=N/C. The molecule has 0 bridgehead atoms. The van der Waals surface area contributed by atoms with Gasteiger partial charge in [0.05, 0.1) is 11.4 Å². The molecule has 3 aliphatic rings. The summed E-state index contributed by atoms with van der Waals surface area (Å²) in [6, 6.07) is 8.58. The molecule has 0 aromatic heterocycles. The zero-order chi connectivity index (χ0) is 23.8. The standard InChI is InChI=1S/C26H36N3O3P/c1-5-22(27)23-25(28-4)32-26(2,3)24(29-23)20-12-10-19(11-13-20)18-8-6-17(7-9-18)16-33(30,31)21-14-15-21/h5,10-13,17-18,21H,1,6-9,14-16,27H2,2-4H3,(H,30,31)/b23-22-,28-25+/t17-,18-. The van der Waals surface area contributed by atoms with Crippen molar-refractivity contribution in [1.82, 2.24) is 0 Å². The molecule has 0 saturated heterocycles. The van der Waals surface area contributed by atoms with Gasteiger partial charge in [0.25, 0.3) is 0 Å². The third-order valence-corrected chi connectivity index (χ3v) is 9.88. The highest BCUT2D eigenvalue weighted by molar-refractivity contribution is 7.59. The number of benzene rings is 1. The van der Waals surface area contributed by atoms with Crippen molar-refractivity contribution in [3.63, 3.8) is 0 Å². The van der Waals surface area contributed by atoms with Gasteiger partial charge in [-0.05, 0) is 75.8 Å². The topological polar surface area (TPSA) is 97.3 Å². The van der Waals surface area contributed by atoms with E-state index < -0.39 is 13.0 Å². The Morgan fingerprint density at radius 2 is 1.88 bits per heavy atom. The van der Waals surface area contributed by atoms with Crippen LogP contribution in [-0.4, -0.2) is 41.0 Å². The lowest BCUT2D eigenvalue weighted by atomic mass is 9.79. The quantitative estimate of drug-likeness (QED) is 0.547. The van der Waals surface area contributed by atoms with E-state index in [1.807, 2.05) is 13.8 Å². The summed E-state index contributed by atoms with van der Waals surface area (Å²) in [7, 11) is -1.26. The first-order valence-electron chi connectivity index (χ1n) is 11.9. The molecule has 1 heterocycles. The molecule has 4 rings (SSSR count). The van der Waals surface area contributed by atoms with E-state index in [9.17, 15) is 9.46 Å². The van der Waals surface area contributed by atoms with Crippen LogP contribution in [0.25, 0.3) is 0 Å². The third kappa shape index (κ3) is 5.17. The molecule has 178 valence electrons. The highest BCUT2D eigenvalue weighted by Gasteiger charge is 2.41. The second-order valence-corrected chi connectivity index (χ2v) is 12.7. The first-order chi connectivity index (χ1) is 15.6. The van der Waals surface area contributed by atoms with Crippen molar-refractivity contribution in [2.75, 3.05) is 13.2 Å². The van der Waals surface area contributed by atoms with Crippen LogP contribution in [0, 0.1) is 5.92 Å². The Bertz CT molecular complexity index is 1040. The molecule has 1 aromatic rings. The smallest absolute Gasteiger partial charge is 0.238 e. The van der Waals surface area contributed by atoms with E-state index in [1.165, 1.54) is 5.56 Å². The van der Waals surface area contributed by atoms with E-state index in [0.29, 0.717) is 35.3 Å². The van der Waals surface area contributed by atoms with E-state index in [-0.39, 0.29) is 5.66 Å². The molecule has 1 unspecified atom stereocenters. The van der Waals surface area contributed by atoms with Crippen molar-refractivity contribution in [2.24, 2.45) is 21.6 Å². The van der Waals surface area contributed by atoms with Crippen LogP contribution < -0.4 is 5.73 Å². The summed E-state index contributed by atoms with van der Waals surface area (Å²) in [5, 5.41) is 0. The van der Waals surface area contributed by atoms with Gasteiger partial charge in [0.15, 0.2) is 0 Å². The van der Waals surface area contributed by atoms with Crippen LogP contribution in [0.1, 0.15) is 69.4 Å². The largest absolute Gasteiger partial charge is 0.464 e. The summed E-state index contributed by atoms with van der Waals surface area (Å²) in [6.45, 7) is 7.71. The van der Waals surface area contributed by atoms with E-state index in [1.54, 1.807) is 13.1 Å². The van der Waals surface area contributed by atoms with Gasteiger partial charge in [-0.25, -0.2) is 4.99 Å². The maximum absolute atomic E-state index is 12.5. The number of hydrogen-bond acceptors (Lipinski definition) is 5. The highest BCUT2D eigenvalue weighted by Crippen LogP contribution is 2.59. The molecule has 6 nitrogen and oxygen atoms in total. The molecule has 0 radical (unpaired) electrons. The van der Waals surface area contributed by atoms with Gasteiger partial charge < -0.3 is 15.4 Å². The van der Waals surface area contributed by atoms with Crippen LogP contribution in [0.15, 0.2) is 58.3 Å². The molecular weight excluding hydrogens is 433 g/mol. The van der Waals surface area contributed by atoms with E-state index in [0.717, 1.165) is 49.8 Å². The molecule has 3 N–H and O–H groups in total. The molecule has 0 spiro atoms. The number of rotatable bonds is 6. The Kier molecular flexibility index (Phi) is 6.70. The number of hydrogen-bond donors (Lipinski definition) is 2. The average Bonchev–Trinajstić information content (AvgIpc) is 3.65. The fourth-order valence-corrected chi connectivity index (χ4v) is 7.43. The number of ether oxygens (including phenoxy) is 1. The predicted molar refractivity (Wildman–Crippen MR) is 135 cm³/mol. The van der Waals surface area contributed by atoms with E-state index in [2.05, 4.69) is 35.8 Å². The van der Waals surface area contributed by atoms with Gasteiger partial charge in [-0.1, -0.05) is 30.8 Å². The first kappa shape index (κ1) is 24.0. The van der Waals surface area contributed by atoms with Crippen LogP contribution >= 0.6 is 7.37 Å². The second kappa shape index (κ2) is 9.23. The lowest BCUT2D eigenvalue weighted by Crippen LogP contribution is -2.42. The van der Waals surface area contributed by atoms with Crippen molar-refractivity contribution in [1.29, 1.82) is 0 Å². The van der Waals surface area contributed by atoms with Crippen molar-refractivity contribution >= 4 is 19.0 Å². The monoisotopic (exact) mass is 469 g/mol. The number of allylic oxidation sites excluding steroid dienone is 1. The Labute approximate surface area is 197 Å². The van der Waals surface area contributed by atoms with Gasteiger partial charge in [-0.2, -0.15) is 0 Å². The van der Waals surface area contributed by atoms with Crippen LogP contribution in [-0.2, 0) is 9.30 Å². The fourth-order valence-electron chi connectivity index (χ4n) is 5.07. The minimum atomic E-state index is -2.92. The van der Waals surface area contributed by atoms with Crippen LogP contribution in [0.5, 0.6) is 0 Å². The molecule has 33 heavy (non-hydrogen) atoms. The van der Waals surface area contributed by atoms with E-state index in [4.69, 9.17) is 15.5 Å². The zero-order valence-corrected chi connectivity index (χ0v) is 20.9. The Hall–Kier alpha value is -2.17. The third-order valence-electron chi connectivity index (χ3n) is 7.18. The zero-order valence-electron chi connectivity index (χ0n) is 20.0. The maximum Gasteiger partial charge on any atom is 0.238 e. The van der Waals surface area contributed by atoms with Gasteiger partial charge in [-0.3, -0.25) is 9.56 Å². The van der Waals surface area contributed by atoms with Crippen molar-refractivity contribution in [3.8, 4) is 0 Å². The normalized spacial score (nSPS) is 29.6. The molecular formula is C26H36N3O3P. The molecule has 0 amide bonds. The van der Waals surface area contributed by atoms with Gasteiger partial charge in [0.1, 0.15) is 11.3 Å². The van der Waals surface area contributed by atoms with Gasteiger partial charge in [0.2, 0.25) is 13.3 Å². The van der Waals surface area contributed by atoms with E-state index >= 15 is 0 Å². The highest BCUT2D eigenvalue weighted by atomic mass is 31.2. The predicted octanol–water partition coefficient (Wildman–Crippen LogP) is 5.38. The first-order valence-corrected chi connectivity index (χ1v) is 13.9. The Balaban J connectivity index is 1.47. The molecule has 2 fully saturated rings. The minimum Gasteiger partial charge on any atom is -0.464 e. The van der Waals surface area contributed by atoms with Crippen LogP contribution in [0.4, 0.5) is 0 Å². The van der Waals surface area contributed by atoms with Crippen molar-refractivity contribution < 1.29 is 14.2 Å². The molecule has 1 aromatic carbocycles. The lowest BCUT2D eigenvalue weighted by Gasteiger charge is -2.34. The van der Waals surface area contributed by atoms with Gasteiger partial charge in [0, 0.05) is 24.4 Å².